The van der Waals surface area contributed by atoms with E-state index in [1.54, 1.807) is 20.2 Å². The van der Waals surface area contributed by atoms with E-state index in [4.69, 9.17) is 0 Å². The van der Waals surface area contributed by atoms with Gasteiger partial charge in [-0.15, -0.1) is 0 Å². The van der Waals surface area contributed by atoms with Crippen LogP contribution in [0.2, 0.25) is 0 Å². The van der Waals surface area contributed by atoms with Crippen molar-refractivity contribution in [2.75, 3.05) is 0 Å². The molecule has 0 radical (unpaired) electrons. The lowest BCUT2D eigenvalue weighted by atomic mass is 10.0. The van der Waals surface area contributed by atoms with Gasteiger partial charge in [0.2, 0.25) is 0 Å². The highest BCUT2D eigenvalue weighted by atomic mass is 19.4. The van der Waals surface area contributed by atoms with Gasteiger partial charge in [-0.05, 0) is 55.7 Å². The Kier molecular flexibility index (Phi) is 4.33. The predicted octanol–water partition coefficient (Wildman–Crippen LogP) is 4.88. The lowest BCUT2D eigenvalue weighted by molar-refractivity contribution is -0.137. The first-order chi connectivity index (χ1) is 11.6. The van der Waals surface area contributed by atoms with Crippen LogP contribution in [0.1, 0.15) is 25.8 Å². The highest BCUT2D eigenvalue weighted by Crippen LogP contribution is 2.31. The third-order valence-corrected chi connectivity index (χ3v) is 4.13. The van der Waals surface area contributed by atoms with E-state index in [0.29, 0.717) is 18.5 Å². The third-order valence-electron chi connectivity index (χ3n) is 4.13. The Morgan fingerprint density at radius 3 is 2.24 bits per heavy atom. The molecule has 0 fully saturated rings. The van der Waals surface area contributed by atoms with Gasteiger partial charge < -0.3 is 9.67 Å². The largest absolute Gasteiger partial charge is 0.416 e. The fourth-order valence-corrected chi connectivity index (χ4v) is 2.66. The molecule has 2 aromatic carbocycles. The number of imidazole rings is 1. The number of halogens is 3. The van der Waals surface area contributed by atoms with Crippen LogP contribution < -0.4 is 0 Å². The summed E-state index contributed by atoms with van der Waals surface area (Å²) in [6, 6.07) is 10.7. The van der Waals surface area contributed by atoms with Crippen molar-refractivity contribution >= 4 is 11.0 Å². The molecular formula is C19H19F3N2O. The minimum absolute atomic E-state index is 0.572. The maximum absolute atomic E-state index is 12.7. The maximum Gasteiger partial charge on any atom is 0.416 e. The van der Waals surface area contributed by atoms with Crippen LogP contribution in [-0.2, 0) is 12.7 Å². The van der Waals surface area contributed by atoms with E-state index < -0.39 is 17.3 Å². The van der Waals surface area contributed by atoms with Gasteiger partial charge in [-0.2, -0.15) is 13.2 Å². The van der Waals surface area contributed by atoms with Gasteiger partial charge in [0.15, 0.2) is 0 Å². The molecule has 0 spiro atoms. The summed E-state index contributed by atoms with van der Waals surface area (Å²) in [6.45, 7) is 4.11. The first-order valence-electron chi connectivity index (χ1n) is 7.98. The van der Waals surface area contributed by atoms with Gasteiger partial charge >= 0.3 is 6.18 Å². The SMILES string of the molecule is CC(C)(O)CCn1cnc2ccc(-c3ccc(C(F)(F)F)cc3)cc21. The van der Waals surface area contributed by atoms with Gasteiger partial charge in [0.05, 0.1) is 28.5 Å². The summed E-state index contributed by atoms with van der Waals surface area (Å²) in [5.74, 6) is 0. The molecule has 0 saturated carbocycles. The molecule has 0 aliphatic carbocycles. The van der Waals surface area contributed by atoms with Gasteiger partial charge in [-0.25, -0.2) is 4.98 Å². The van der Waals surface area contributed by atoms with E-state index in [9.17, 15) is 18.3 Å². The van der Waals surface area contributed by atoms with Crippen LogP contribution >= 0.6 is 0 Å². The van der Waals surface area contributed by atoms with Crippen molar-refractivity contribution in [3.63, 3.8) is 0 Å². The molecule has 0 amide bonds. The molecule has 3 rings (SSSR count). The second kappa shape index (κ2) is 6.19. The Morgan fingerprint density at radius 1 is 1.00 bits per heavy atom. The second-order valence-electron chi connectivity index (χ2n) is 6.78. The Balaban J connectivity index is 1.92. The lowest BCUT2D eigenvalue weighted by Gasteiger charge is -2.17. The van der Waals surface area contributed by atoms with E-state index >= 15 is 0 Å². The van der Waals surface area contributed by atoms with Crippen molar-refractivity contribution in [1.29, 1.82) is 0 Å². The second-order valence-corrected chi connectivity index (χ2v) is 6.78. The van der Waals surface area contributed by atoms with Crippen LogP contribution in [0.4, 0.5) is 13.2 Å². The monoisotopic (exact) mass is 348 g/mol. The average Bonchev–Trinajstić information content (AvgIpc) is 2.94. The van der Waals surface area contributed by atoms with E-state index in [0.717, 1.165) is 28.7 Å². The average molecular weight is 348 g/mol. The van der Waals surface area contributed by atoms with E-state index in [2.05, 4.69) is 4.98 Å². The number of benzene rings is 2. The summed E-state index contributed by atoms with van der Waals surface area (Å²) in [7, 11) is 0. The molecule has 0 aliphatic heterocycles. The number of fused-ring (bicyclic) bond motifs is 1. The molecule has 0 atom stereocenters. The van der Waals surface area contributed by atoms with Crippen molar-refractivity contribution in [3.8, 4) is 11.1 Å². The van der Waals surface area contributed by atoms with Crippen molar-refractivity contribution in [2.45, 2.75) is 38.6 Å². The maximum atomic E-state index is 12.7. The molecule has 1 aromatic heterocycles. The van der Waals surface area contributed by atoms with Gasteiger partial charge in [-0.1, -0.05) is 18.2 Å². The number of aliphatic hydroxyl groups is 1. The first-order valence-corrected chi connectivity index (χ1v) is 7.98. The lowest BCUT2D eigenvalue weighted by Crippen LogP contribution is -2.20. The van der Waals surface area contributed by atoms with Gasteiger partial charge in [0.25, 0.3) is 0 Å². The molecule has 0 unspecified atom stereocenters. The molecular weight excluding hydrogens is 329 g/mol. The summed E-state index contributed by atoms with van der Waals surface area (Å²) in [6.07, 6.45) is -2.05. The number of aryl methyl sites for hydroxylation is 1. The van der Waals surface area contributed by atoms with E-state index in [1.165, 1.54) is 12.1 Å². The van der Waals surface area contributed by atoms with Crippen LogP contribution in [0.25, 0.3) is 22.2 Å². The molecule has 6 heteroatoms. The number of alkyl halides is 3. The zero-order chi connectivity index (χ0) is 18.2. The Morgan fingerprint density at radius 2 is 1.64 bits per heavy atom. The number of hydrogen-bond acceptors (Lipinski definition) is 2. The molecule has 25 heavy (non-hydrogen) atoms. The van der Waals surface area contributed by atoms with Crippen molar-refractivity contribution in [2.24, 2.45) is 0 Å². The van der Waals surface area contributed by atoms with Crippen molar-refractivity contribution < 1.29 is 18.3 Å². The first kappa shape index (κ1) is 17.5. The van der Waals surface area contributed by atoms with Gasteiger partial charge in [0.1, 0.15) is 0 Å². The fraction of sp³-hybridized carbons (Fsp3) is 0.316. The summed E-state index contributed by atoms with van der Waals surface area (Å²) < 4.78 is 40.0. The minimum atomic E-state index is -4.34. The summed E-state index contributed by atoms with van der Waals surface area (Å²) in [4.78, 5) is 4.33. The van der Waals surface area contributed by atoms with Crippen molar-refractivity contribution in [1.82, 2.24) is 9.55 Å². The number of nitrogens with zero attached hydrogens (tertiary/aromatic N) is 2. The van der Waals surface area contributed by atoms with Crippen LogP contribution in [0.3, 0.4) is 0 Å². The number of rotatable bonds is 4. The molecule has 0 saturated heterocycles. The summed E-state index contributed by atoms with van der Waals surface area (Å²) in [5, 5.41) is 9.89. The summed E-state index contributed by atoms with van der Waals surface area (Å²) >= 11 is 0. The molecule has 3 nitrogen and oxygen atoms in total. The Labute approximate surface area is 143 Å². The number of hydrogen-bond donors (Lipinski definition) is 1. The standard InChI is InChI=1S/C19H19F3N2O/c1-18(2,25)9-10-24-12-23-16-8-5-14(11-17(16)24)13-3-6-15(7-4-13)19(20,21)22/h3-8,11-12,25H,9-10H2,1-2H3. The smallest absolute Gasteiger partial charge is 0.390 e. The van der Waals surface area contributed by atoms with Gasteiger partial charge in [0, 0.05) is 6.54 Å². The Hall–Kier alpha value is -2.34. The third kappa shape index (κ3) is 4.02. The zero-order valence-electron chi connectivity index (χ0n) is 14.0. The predicted molar refractivity (Wildman–Crippen MR) is 91.1 cm³/mol. The van der Waals surface area contributed by atoms with E-state index in [-0.39, 0.29) is 0 Å². The zero-order valence-corrected chi connectivity index (χ0v) is 14.0. The van der Waals surface area contributed by atoms with Crippen LogP contribution in [0, 0.1) is 0 Å². The fourth-order valence-electron chi connectivity index (χ4n) is 2.66. The molecule has 132 valence electrons. The molecule has 1 N–H and O–H groups in total. The van der Waals surface area contributed by atoms with Crippen LogP contribution in [0.5, 0.6) is 0 Å². The van der Waals surface area contributed by atoms with Gasteiger partial charge in [-0.3, -0.25) is 0 Å². The highest BCUT2D eigenvalue weighted by Gasteiger charge is 2.29. The normalized spacial score (nSPS) is 12.7. The molecule has 3 aromatic rings. The topological polar surface area (TPSA) is 38.0 Å². The van der Waals surface area contributed by atoms with Crippen LogP contribution in [0.15, 0.2) is 48.8 Å². The summed E-state index contributed by atoms with van der Waals surface area (Å²) in [5.41, 5.74) is 1.80. The minimum Gasteiger partial charge on any atom is -0.390 e. The highest BCUT2D eigenvalue weighted by molar-refractivity contribution is 5.82. The molecule has 0 aliphatic rings. The molecule has 1 heterocycles. The molecule has 0 bridgehead atoms. The van der Waals surface area contributed by atoms with Crippen LogP contribution in [-0.4, -0.2) is 20.3 Å². The quantitative estimate of drug-likeness (QED) is 0.729. The van der Waals surface area contributed by atoms with E-state index in [1.807, 2.05) is 22.8 Å². The number of aromatic nitrogens is 2. The van der Waals surface area contributed by atoms with Crippen molar-refractivity contribution in [3.05, 3.63) is 54.4 Å². The Bertz CT molecular complexity index is 874.